The van der Waals surface area contributed by atoms with Crippen LogP contribution < -0.4 is 5.32 Å². The van der Waals surface area contributed by atoms with Crippen molar-refractivity contribution in [2.24, 2.45) is 0 Å². The molecular formula is C18H20N6OS. The molecule has 0 spiro atoms. The molecule has 3 aromatic rings. The summed E-state index contributed by atoms with van der Waals surface area (Å²) in [5.74, 6) is -0.154. The molecule has 0 saturated heterocycles. The lowest BCUT2D eigenvalue weighted by Crippen LogP contribution is -2.23. The lowest BCUT2D eigenvalue weighted by molar-refractivity contribution is 0.0953. The van der Waals surface area contributed by atoms with E-state index in [1.165, 1.54) is 12.8 Å². The molecule has 0 atom stereocenters. The molecule has 1 fully saturated rings. The van der Waals surface area contributed by atoms with E-state index in [-0.39, 0.29) is 5.91 Å². The van der Waals surface area contributed by atoms with Gasteiger partial charge in [-0.2, -0.15) is 5.10 Å². The molecule has 0 aromatic carbocycles. The van der Waals surface area contributed by atoms with Crippen LogP contribution in [0.2, 0.25) is 0 Å². The highest BCUT2D eigenvalue weighted by atomic mass is 32.1. The van der Waals surface area contributed by atoms with Crippen molar-refractivity contribution in [1.29, 1.82) is 0 Å². The number of carbonyl (C=O) groups is 1. The maximum absolute atomic E-state index is 12.3. The number of amides is 1. The summed E-state index contributed by atoms with van der Waals surface area (Å²) in [5, 5.41) is 11.6. The van der Waals surface area contributed by atoms with Crippen molar-refractivity contribution in [3.05, 3.63) is 46.9 Å². The molecule has 3 heterocycles. The third-order valence-electron chi connectivity index (χ3n) is 4.72. The zero-order chi connectivity index (χ0) is 17.9. The van der Waals surface area contributed by atoms with Crippen LogP contribution in [-0.2, 0) is 6.54 Å². The van der Waals surface area contributed by atoms with Gasteiger partial charge in [-0.3, -0.25) is 14.5 Å². The maximum atomic E-state index is 12.3. The van der Waals surface area contributed by atoms with E-state index in [0.717, 1.165) is 41.3 Å². The number of aromatic nitrogens is 5. The van der Waals surface area contributed by atoms with E-state index in [4.69, 9.17) is 5.10 Å². The van der Waals surface area contributed by atoms with Crippen LogP contribution >= 0.6 is 11.5 Å². The van der Waals surface area contributed by atoms with E-state index < -0.39 is 0 Å². The van der Waals surface area contributed by atoms with E-state index in [1.807, 2.05) is 12.1 Å². The molecule has 1 aliphatic carbocycles. The van der Waals surface area contributed by atoms with Crippen molar-refractivity contribution in [3.63, 3.8) is 0 Å². The Morgan fingerprint density at radius 2 is 2.08 bits per heavy atom. The second-order valence-electron chi connectivity index (χ2n) is 6.51. The number of pyridine rings is 1. The Balaban J connectivity index is 1.57. The van der Waals surface area contributed by atoms with Crippen molar-refractivity contribution < 1.29 is 4.79 Å². The van der Waals surface area contributed by atoms with Gasteiger partial charge in [-0.25, -0.2) is 0 Å². The van der Waals surface area contributed by atoms with Crippen LogP contribution in [-0.4, -0.2) is 30.3 Å². The Morgan fingerprint density at radius 3 is 2.77 bits per heavy atom. The van der Waals surface area contributed by atoms with Crippen LogP contribution in [0.3, 0.4) is 0 Å². The number of nitrogens with one attached hydrogen (secondary N) is 1. The quantitative estimate of drug-likeness (QED) is 0.748. The van der Waals surface area contributed by atoms with Crippen LogP contribution in [0.5, 0.6) is 0 Å². The highest BCUT2D eigenvalue weighted by Gasteiger charge is 2.22. The van der Waals surface area contributed by atoms with Crippen molar-refractivity contribution >= 4 is 17.4 Å². The first-order valence-corrected chi connectivity index (χ1v) is 9.55. The van der Waals surface area contributed by atoms with E-state index in [0.29, 0.717) is 23.2 Å². The van der Waals surface area contributed by atoms with E-state index >= 15 is 0 Å². The molecule has 1 N–H and O–H groups in total. The Bertz CT molecular complexity index is 898. The summed E-state index contributed by atoms with van der Waals surface area (Å²) in [5.41, 5.74) is 3.69. The fourth-order valence-electron chi connectivity index (χ4n) is 3.39. The fraction of sp³-hybridized carbons (Fsp3) is 0.389. The third-order valence-corrected chi connectivity index (χ3v) is 5.55. The normalized spacial score (nSPS) is 14.7. The zero-order valence-corrected chi connectivity index (χ0v) is 15.4. The van der Waals surface area contributed by atoms with E-state index in [9.17, 15) is 4.79 Å². The highest BCUT2D eigenvalue weighted by molar-refractivity contribution is 7.07. The van der Waals surface area contributed by atoms with Crippen LogP contribution in [0, 0.1) is 6.92 Å². The van der Waals surface area contributed by atoms with Gasteiger partial charge >= 0.3 is 0 Å². The number of hydrogen-bond donors (Lipinski definition) is 1. The van der Waals surface area contributed by atoms with Gasteiger partial charge in [0.25, 0.3) is 5.91 Å². The molecule has 0 radical (unpaired) electrons. The first-order chi connectivity index (χ1) is 12.7. The third kappa shape index (κ3) is 3.37. The summed E-state index contributed by atoms with van der Waals surface area (Å²) in [4.78, 5) is 16.9. The molecule has 8 heteroatoms. The predicted octanol–water partition coefficient (Wildman–Crippen LogP) is 3.15. The number of hydrogen-bond acceptors (Lipinski definition) is 6. The first-order valence-electron chi connectivity index (χ1n) is 8.78. The Kier molecular flexibility index (Phi) is 4.75. The smallest absolute Gasteiger partial charge is 0.265 e. The topological polar surface area (TPSA) is 85.6 Å². The maximum Gasteiger partial charge on any atom is 0.265 e. The van der Waals surface area contributed by atoms with Crippen LogP contribution in [0.15, 0.2) is 30.6 Å². The molecule has 0 aliphatic heterocycles. The summed E-state index contributed by atoms with van der Waals surface area (Å²) in [6.45, 7) is 2.17. The van der Waals surface area contributed by atoms with Gasteiger partial charge in [0.15, 0.2) is 0 Å². The summed E-state index contributed by atoms with van der Waals surface area (Å²) in [6.07, 6.45) is 8.37. The Labute approximate surface area is 155 Å². The van der Waals surface area contributed by atoms with Gasteiger partial charge in [0.05, 0.1) is 29.7 Å². The minimum atomic E-state index is -0.154. The molecule has 26 heavy (non-hydrogen) atoms. The standard InChI is InChI=1S/C18H20N6OS/c1-12-17(26-23-21-12)18(25)20-11-14-10-16(13-6-8-19-9-7-13)24(22-14)15-4-2-3-5-15/h6-10,15H,2-5,11H2,1H3,(H,20,25). The van der Waals surface area contributed by atoms with Crippen LogP contribution in [0.4, 0.5) is 0 Å². The molecule has 4 rings (SSSR count). The SMILES string of the molecule is Cc1nnsc1C(=O)NCc1cc(-c2ccncc2)n(C2CCCC2)n1. The molecule has 0 bridgehead atoms. The number of rotatable bonds is 5. The molecule has 7 nitrogen and oxygen atoms in total. The number of carbonyl (C=O) groups excluding carboxylic acids is 1. The molecule has 134 valence electrons. The van der Waals surface area contributed by atoms with E-state index in [2.05, 4.69) is 30.6 Å². The van der Waals surface area contributed by atoms with Crippen molar-refractivity contribution in [2.75, 3.05) is 0 Å². The van der Waals surface area contributed by atoms with Gasteiger partial charge in [-0.1, -0.05) is 17.3 Å². The summed E-state index contributed by atoms with van der Waals surface area (Å²) < 4.78 is 5.94. The van der Waals surface area contributed by atoms with Crippen LogP contribution in [0.1, 0.15) is 52.8 Å². The average Bonchev–Trinajstić information content (AvgIpc) is 3.40. The van der Waals surface area contributed by atoms with E-state index in [1.54, 1.807) is 19.3 Å². The average molecular weight is 368 g/mol. The Hall–Kier alpha value is -2.61. The van der Waals surface area contributed by atoms with Gasteiger partial charge in [0.1, 0.15) is 4.88 Å². The minimum Gasteiger partial charge on any atom is -0.346 e. The van der Waals surface area contributed by atoms with Gasteiger partial charge in [-0.05, 0) is 49.5 Å². The van der Waals surface area contributed by atoms with Crippen molar-refractivity contribution in [1.82, 2.24) is 29.7 Å². The minimum absolute atomic E-state index is 0.154. The zero-order valence-electron chi connectivity index (χ0n) is 14.6. The second kappa shape index (κ2) is 7.33. The van der Waals surface area contributed by atoms with Gasteiger partial charge < -0.3 is 5.32 Å². The molecule has 1 amide bonds. The summed E-state index contributed by atoms with van der Waals surface area (Å²) in [6, 6.07) is 6.48. The molecule has 0 unspecified atom stereocenters. The molecule has 1 aliphatic rings. The van der Waals surface area contributed by atoms with Gasteiger partial charge in [-0.15, -0.1) is 5.10 Å². The monoisotopic (exact) mass is 368 g/mol. The largest absolute Gasteiger partial charge is 0.346 e. The highest BCUT2D eigenvalue weighted by Crippen LogP contribution is 2.33. The van der Waals surface area contributed by atoms with Crippen molar-refractivity contribution in [2.45, 2.75) is 45.2 Å². The molecule has 1 saturated carbocycles. The number of aryl methyl sites for hydroxylation is 1. The lowest BCUT2D eigenvalue weighted by atomic mass is 10.1. The van der Waals surface area contributed by atoms with Gasteiger partial charge in [0.2, 0.25) is 0 Å². The van der Waals surface area contributed by atoms with Crippen molar-refractivity contribution in [3.8, 4) is 11.3 Å². The van der Waals surface area contributed by atoms with Crippen LogP contribution in [0.25, 0.3) is 11.3 Å². The fourth-order valence-corrected chi connectivity index (χ4v) is 3.96. The lowest BCUT2D eigenvalue weighted by Gasteiger charge is -2.14. The molecular weight excluding hydrogens is 348 g/mol. The Morgan fingerprint density at radius 1 is 1.31 bits per heavy atom. The second-order valence-corrected chi connectivity index (χ2v) is 7.26. The number of nitrogens with zero attached hydrogens (tertiary/aromatic N) is 5. The first kappa shape index (κ1) is 16.8. The summed E-state index contributed by atoms with van der Waals surface area (Å²) >= 11 is 1.11. The predicted molar refractivity (Wildman–Crippen MR) is 98.8 cm³/mol. The molecule has 3 aromatic heterocycles. The summed E-state index contributed by atoms with van der Waals surface area (Å²) in [7, 11) is 0. The van der Waals surface area contributed by atoms with Gasteiger partial charge in [0, 0.05) is 18.0 Å².